The third-order valence-corrected chi connectivity index (χ3v) is 5.01. The van der Waals surface area contributed by atoms with Gasteiger partial charge in [-0.05, 0) is 29.5 Å². The molecule has 0 aliphatic rings. The first kappa shape index (κ1) is 20.5. The van der Waals surface area contributed by atoms with E-state index >= 15 is 0 Å². The summed E-state index contributed by atoms with van der Waals surface area (Å²) in [7, 11) is -3.40. The second kappa shape index (κ2) is 8.51. The number of hydrogen-bond acceptors (Lipinski definition) is 3. The van der Waals surface area contributed by atoms with Gasteiger partial charge in [-0.15, -0.1) is 0 Å². The Bertz CT molecular complexity index is 631. The van der Waals surface area contributed by atoms with E-state index in [0.29, 0.717) is 18.7 Å². The smallest absolute Gasteiger partial charge is 0.232 e. The normalized spacial score (nSPS) is 12.0. The first-order valence-corrected chi connectivity index (χ1v) is 10.3. The summed E-state index contributed by atoms with van der Waals surface area (Å²) in [5.74, 6) is -0.0339. The largest absolute Gasteiger partial charge is 0.354 e. The van der Waals surface area contributed by atoms with E-state index in [1.807, 2.05) is 31.2 Å². The van der Waals surface area contributed by atoms with Crippen LogP contribution in [-0.4, -0.2) is 33.7 Å². The fraction of sp³-hybridized carbons (Fsp3) is 0.611. The van der Waals surface area contributed by atoms with Gasteiger partial charge >= 0.3 is 0 Å². The summed E-state index contributed by atoms with van der Waals surface area (Å²) in [6, 6.07) is 7.54. The molecule has 0 aliphatic carbocycles. The molecule has 5 nitrogen and oxygen atoms in total. The number of anilines is 1. The van der Waals surface area contributed by atoms with E-state index in [4.69, 9.17) is 0 Å². The number of hydrogen-bond donors (Lipinski definition) is 1. The molecule has 0 unspecified atom stereocenters. The van der Waals surface area contributed by atoms with Crippen molar-refractivity contribution in [2.45, 2.75) is 52.4 Å². The summed E-state index contributed by atoms with van der Waals surface area (Å²) in [5, 5.41) is 2.78. The Morgan fingerprint density at radius 2 is 1.75 bits per heavy atom. The topological polar surface area (TPSA) is 66.5 Å². The lowest BCUT2D eigenvalue weighted by molar-refractivity contribution is -0.121. The Labute approximate surface area is 146 Å². The van der Waals surface area contributed by atoms with E-state index in [2.05, 4.69) is 26.1 Å². The monoisotopic (exact) mass is 354 g/mol. The maximum absolute atomic E-state index is 12.1. The van der Waals surface area contributed by atoms with Crippen LogP contribution in [0.4, 0.5) is 5.69 Å². The highest BCUT2D eigenvalue weighted by Gasteiger charge is 2.19. The number of carbonyl (C=O) groups is 1. The van der Waals surface area contributed by atoms with Gasteiger partial charge in [0.05, 0.1) is 18.5 Å². The predicted molar refractivity (Wildman–Crippen MR) is 99.9 cm³/mol. The maximum Gasteiger partial charge on any atom is 0.232 e. The number of amides is 1. The van der Waals surface area contributed by atoms with Crippen LogP contribution in [-0.2, 0) is 20.2 Å². The molecule has 0 aliphatic heterocycles. The van der Waals surface area contributed by atoms with Crippen LogP contribution in [0.25, 0.3) is 0 Å². The molecule has 0 radical (unpaired) electrons. The van der Waals surface area contributed by atoms with Crippen molar-refractivity contribution in [3.05, 3.63) is 29.8 Å². The molecule has 0 saturated heterocycles. The van der Waals surface area contributed by atoms with Crippen LogP contribution in [0.3, 0.4) is 0 Å². The fourth-order valence-electron chi connectivity index (χ4n) is 2.34. The minimum atomic E-state index is -3.40. The van der Waals surface area contributed by atoms with E-state index in [1.165, 1.54) is 10.6 Å². The molecule has 1 amide bonds. The molecule has 6 heteroatoms. The number of nitrogens with one attached hydrogen (secondary N) is 1. The van der Waals surface area contributed by atoms with Crippen molar-refractivity contribution in [2.75, 3.05) is 23.7 Å². The van der Waals surface area contributed by atoms with Gasteiger partial charge in [-0.3, -0.25) is 9.10 Å². The lowest BCUT2D eigenvalue weighted by atomic mass is 9.87. The number of nitrogens with zero attached hydrogens (tertiary/aromatic N) is 1. The molecule has 24 heavy (non-hydrogen) atoms. The summed E-state index contributed by atoms with van der Waals surface area (Å²) < 4.78 is 25.5. The highest BCUT2D eigenvalue weighted by atomic mass is 32.2. The zero-order chi connectivity index (χ0) is 18.4. The van der Waals surface area contributed by atoms with Crippen LogP contribution in [0, 0.1) is 0 Å². The molecule has 136 valence electrons. The summed E-state index contributed by atoms with van der Waals surface area (Å²) in [6.07, 6.45) is 3.47. The summed E-state index contributed by atoms with van der Waals surface area (Å²) in [4.78, 5) is 11.6. The van der Waals surface area contributed by atoms with E-state index in [9.17, 15) is 13.2 Å². The molecule has 0 spiro atoms. The average molecular weight is 355 g/mol. The molecule has 0 atom stereocenters. The van der Waals surface area contributed by atoms with E-state index in [0.717, 1.165) is 18.4 Å². The molecular weight excluding hydrogens is 324 g/mol. The molecule has 0 heterocycles. The van der Waals surface area contributed by atoms with Gasteiger partial charge in [0.15, 0.2) is 0 Å². The van der Waals surface area contributed by atoms with Gasteiger partial charge < -0.3 is 5.32 Å². The maximum atomic E-state index is 12.1. The molecule has 1 aromatic rings. The number of benzene rings is 1. The van der Waals surface area contributed by atoms with Crippen molar-refractivity contribution in [1.29, 1.82) is 0 Å². The third-order valence-electron chi connectivity index (χ3n) is 3.82. The minimum Gasteiger partial charge on any atom is -0.354 e. The Morgan fingerprint density at radius 3 is 2.21 bits per heavy atom. The summed E-state index contributed by atoms with van der Waals surface area (Å²) in [6.45, 7) is 8.90. The Kier molecular flexibility index (Phi) is 7.27. The van der Waals surface area contributed by atoms with Crippen molar-refractivity contribution >= 4 is 21.6 Å². The SMILES string of the molecule is CCCCC(=O)NCCN(c1ccc(C(C)(C)C)cc1)S(C)(=O)=O. The van der Waals surface area contributed by atoms with Crippen molar-refractivity contribution in [1.82, 2.24) is 5.32 Å². The zero-order valence-corrected chi connectivity index (χ0v) is 16.2. The summed E-state index contributed by atoms with van der Waals surface area (Å²) >= 11 is 0. The summed E-state index contributed by atoms with van der Waals surface area (Å²) in [5.41, 5.74) is 1.78. The van der Waals surface area contributed by atoms with Gasteiger partial charge in [0.25, 0.3) is 0 Å². The number of unbranched alkanes of at least 4 members (excludes halogenated alkanes) is 1. The van der Waals surface area contributed by atoms with Gasteiger partial charge in [-0.25, -0.2) is 8.42 Å². The van der Waals surface area contributed by atoms with Crippen LogP contribution in [0.1, 0.15) is 52.5 Å². The Balaban J connectivity index is 2.78. The van der Waals surface area contributed by atoms with Gasteiger partial charge in [0.2, 0.25) is 15.9 Å². The van der Waals surface area contributed by atoms with Gasteiger partial charge in [-0.2, -0.15) is 0 Å². The average Bonchev–Trinajstić information content (AvgIpc) is 2.47. The molecule has 0 aromatic heterocycles. The lowest BCUT2D eigenvalue weighted by Crippen LogP contribution is -2.38. The number of rotatable bonds is 8. The molecule has 1 rings (SSSR count). The first-order chi connectivity index (χ1) is 11.1. The fourth-order valence-corrected chi connectivity index (χ4v) is 3.26. The zero-order valence-electron chi connectivity index (χ0n) is 15.4. The molecule has 1 aromatic carbocycles. The lowest BCUT2D eigenvalue weighted by Gasteiger charge is -2.24. The Hall–Kier alpha value is -1.56. The van der Waals surface area contributed by atoms with Crippen LogP contribution in [0.15, 0.2) is 24.3 Å². The van der Waals surface area contributed by atoms with Crippen molar-refractivity contribution in [3.8, 4) is 0 Å². The molecule has 0 saturated carbocycles. The van der Waals surface area contributed by atoms with E-state index < -0.39 is 10.0 Å². The van der Waals surface area contributed by atoms with Crippen LogP contribution in [0.5, 0.6) is 0 Å². The van der Waals surface area contributed by atoms with Gasteiger partial charge in [0.1, 0.15) is 0 Å². The first-order valence-electron chi connectivity index (χ1n) is 8.40. The Morgan fingerprint density at radius 1 is 1.17 bits per heavy atom. The second-order valence-corrected chi connectivity index (χ2v) is 8.99. The quantitative estimate of drug-likeness (QED) is 0.780. The molecule has 1 N–H and O–H groups in total. The van der Waals surface area contributed by atoms with Crippen LogP contribution in [0.2, 0.25) is 0 Å². The van der Waals surface area contributed by atoms with Crippen molar-refractivity contribution in [3.63, 3.8) is 0 Å². The predicted octanol–water partition coefficient (Wildman–Crippen LogP) is 3.06. The second-order valence-electron chi connectivity index (χ2n) is 7.09. The number of sulfonamides is 1. The minimum absolute atomic E-state index is 0.0156. The van der Waals surface area contributed by atoms with Crippen LogP contribution < -0.4 is 9.62 Å². The van der Waals surface area contributed by atoms with E-state index in [1.54, 1.807) is 0 Å². The standard InChI is InChI=1S/C18H30N2O3S/c1-6-7-8-17(21)19-13-14-20(24(5,22)23)16-11-9-15(10-12-16)18(2,3)4/h9-12H,6-8,13-14H2,1-5H3,(H,19,21). The van der Waals surface area contributed by atoms with Gasteiger partial charge in [-0.1, -0.05) is 46.2 Å². The number of carbonyl (C=O) groups excluding carboxylic acids is 1. The van der Waals surface area contributed by atoms with Crippen LogP contribution >= 0.6 is 0 Å². The highest BCUT2D eigenvalue weighted by molar-refractivity contribution is 7.92. The van der Waals surface area contributed by atoms with E-state index in [-0.39, 0.29) is 17.9 Å². The third kappa shape index (κ3) is 6.51. The van der Waals surface area contributed by atoms with Gasteiger partial charge in [0, 0.05) is 13.0 Å². The molecule has 0 bridgehead atoms. The van der Waals surface area contributed by atoms with Crippen molar-refractivity contribution in [2.24, 2.45) is 0 Å². The molecule has 0 fully saturated rings. The van der Waals surface area contributed by atoms with Crippen molar-refractivity contribution < 1.29 is 13.2 Å². The molecular formula is C18H30N2O3S. The highest BCUT2D eigenvalue weighted by Crippen LogP contribution is 2.25.